The molecule has 2 atom stereocenters. The first-order valence-electron chi connectivity index (χ1n) is 10.1. The Morgan fingerprint density at radius 2 is 1.94 bits per heavy atom. The molecule has 1 aliphatic carbocycles. The third-order valence-electron chi connectivity index (χ3n) is 5.29. The first-order chi connectivity index (χ1) is 15.4. The van der Waals surface area contributed by atoms with Gasteiger partial charge >= 0.3 is 0 Å². The Morgan fingerprint density at radius 1 is 1.19 bits per heavy atom. The molecule has 1 saturated carbocycles. The Balaban J connectivity index is 1.50. The molecule has 1 aliphatic rings. The Labute approximate surface area is 194 Å². The molecule has 4 rings (SSSR count). The molecule has 1 heterocycles. The molecule has 1 aromatic heterocycles. The maximum absolute atomic E-state index is 12.9. The van der Waals surface area contributed by atoms with E-state index >= 15 is 0 Å². The van der Waals surface area contributed by atoms with Gasteiger partial charge in [-0.1, -0.05) is 48.0 Å². The molecule has 9 heteroatoms. The van der Waals surface area contributed by atoms with Gasteiger partial charge in [-0.15, -0.1) is 11.6 Å². The van der Waals surface area contributed by atoms with Crippen LogP contribution in [-0.2, 0) is 16.0 Å². The average molecular weight is 471 g/mol. The molecule has 0 saturated heterocycles. The molecule has 3 aromatic rings. The highest BCUT2D eigenvalue weighted by atomic mass is 35.5. The van der Waals surface area contributed by atoms with Crippen molar-refractivity contribution >= 4 is 46.1 Å². The number of rotatable bonds is 8. The van der Waals surface area contributed by atoms with Crippen molar-refractivity contribution in [3.8, 4) is 6.07 Å². The van der Waals surface area contributed by atoms with E-state index in [0.717, 1.165) is 5.56 Å². The van der Waals surface area contributed by atoms with Gasteiger partial charge in [0.2, 0.25) is 11.8 Å². The molecule has 2 N–H and O–H groups in total. The fraction of sp³-hybridized carbons (Fsp3) is 0.304. The number of fused-ring (bicyclic) bond motifs is 1. The summed E-state index contributed by atoms with van der Waals surface area (Å²) in [4.78, 5) is 30.0. The van der Waals surface area contributed by atoms with Crippen molar-refractivity contribution in [2.24, 2.45) is 0 Å². The predicted octanol–water partition coefficient (Wildman–Crippen LogP) is 4.05. The second-order valence-electron chi connectivity index (χ2n) is 7.79. The monoisotopic (exact) mass is 470 g/mol. The van der Waals surface area contributed by atoms with Crippen LogP contribution in [0.5, 0.6) is 0 Å². The van der Waals surface area contributed by atoms with E-state index in [1.165, 1.54) is 0 Å². The summed E-state index contributed by atoms with van der Waals surface area (Å²) in [5, 5.41) is 14.6. The van der Waals surface area contributed by atoms with Crippen LogP contribution in [0, 0.1) is 11.3 Å². The third-order valence-corrected chi connectivity index (χ3v) is 6.00. The van der Waals surface area contributed by atoms with Crippen molar-refractivity contribution in [3.05, 3.63) is 65.0 Å². The normalized spacial score (nSPS) is 16.0. The first-order valence-corrected chi connectivity index (χ1v) is 11.0. The number of hydrogen-bond acceptors (Lipinski definition) is 5. The van der Waals surface area contributed by atoms with Crippen LogP contribution in [0.25, 0.3) is 11.1 Å². The van der Waals surface area contributed by atoms with Crippen molar-refractivity contribution in [1.29, 1.82) is 5.26 Å². The van der Waals surface area contributed by atoms with Crippen molar-refractivity contribution < 1.29 is 14.0 Å². The lowest BCUT2D eigenvalue weighted by molar-refractivity contribution is -0.129. The summed E-state index contributed by atoms with van der Waals surface area (Å²) in [5.41, 5.74) is 0.901. The van der Waals surface area contributed by atoms with Gasteiger partial charge in [0.05, 0.1) is 22.9 Å². The number of halogens is 2. The number of nitriles is 1. The van der Waals surface area contributed by atoms with Crippen LogP contribution in [0.4, 0.5) is 0 Å². The molecule has 2 aromatic carbocycles. The van der Waals surface area contributed by atoms with Gasteiger partial charge in [0.25, 0.3) is 0 Å². The highest BCUT2D eigenvalue weighted by Gasteiger charge is 2.45. The first kappa shape index (κ1) is 22.1. The molecule has 1 unspecified atom stereocenters. The Kier molecular flexibility index (Phi) is 6.35. The number of carbonyl (C=O) groups excluding carboxylic acids is 2. The van der Waals surface area contributed by atoms with E-state index in [0.29, 0.717) is 29.0 Å². The number of carbonyl (C=O) groups is 2. The Hall–Kier alpha value is -3.08. The van der Waals surface area contributed by atoms with Gasteiger partial charge in [0, 0.05) is 6.42 Å². The number of nitrogens with zero attached hydrogens (tertiary/aromatic N) is 2. The van der Waals surface area contributed by atoms with E-state index in [1.54, 1.807) is 18.2 Å². The lowest BCUT2D eigenvalue weighted by Gasteiger charge is -2.20. The number of amides is 2. The number of aromatic nitrogens is 1. The molecular weight excluding hydrogens is 451 g/mol. The molecule has 0 bridgehead atoms. The van der Waals surface area contributed by atoms with E-state index in [2.05, 4.69) is 21.7 Å². The zero-order valence-electron chi connectivity index (χ0n) is 17.0. The fourth-order valence-corrected chi connectivity index (χ4v) is 3.83. The summed E-state index contributed by atoms with van der Waals surface area (Å²) < 4.78 is 5.72. The fourth-order valence-electron chi connectivity index (χ4n) is 3.34. The SMILES string of the molecule is N#CC1(NC(=O)C(Cc2nc3cccc(Cl)c3o2)NC(=O)C[C@H](Cl)c2ccccc2)CC1. The van der Waals surface area contributed by atoms with Gasteiger partial charge < -0.3 is 15.1 Å². The smallest absolute Gasteiger partial charge is 0.244 e. The highest BCUT2D eigenvalue weighted by molar-refractivity contribution is 6.34. The maximum Gasteiger partial charge on any atom is 0.244 e. The van der Waals surface area contributed by atoms with Crippen molar-refractivity contribution in [3.63, 3.8) is 0 Å². The highest BCUT2D eigenvalue weighted by Crippen LogP contribution is 2.34. The third kappa shape index (κ3) is 5.04. The van der Waals surface area contributed by atoms with Crippen molar-refractivity contribution in [2.45, 2.75) is 42.6 Å². The lowest BCUT2D eigenvalue weighted by atomic mass is 10.1. The maximum atomic E-state index is 12.9. The van der Waals surface area contributed by atoms with Crippen LogP contribution in [-0.4, -0.2) is 28.4 Å². The molecule has 164 valence electrons. The zero-order chi connectivity index (χ0) is 22.7. The Bertz CT molecular complexity index is 1180. The topological polar surface area (TPSA) is 108 Å². The summed E-state index contributed by atoms with van der Waals surface area (Å²) in [6.45, 7) is 0. The van der Waals surface area contributed by atoms with E-state index in [9.17, 15) is 14.9 Å². The minimum Gasteiger partial charge on any atom is -0.439 e. The van der Waals surface area contributed by atoms with Crippen LogP contribution in [0.2, 0.25) is 5.02 Å². The summed E-state index contributed by atoms with van der Waals surface area (Å²) in [5.74, 6) is -0.623. The second-order valence-corrected chi connectivity index (χ2v) is 8.72. The number of para-hydroxylation sites is 1. The van der Waals surface area contributed by atoms with E-state index in [4.69, 9.17) is 27.6 Å². The minimum absolute atomic E-state index is 0.00236. The molecular formula is C23H20Cl2N4O3. The van der Waals surface area contributed by atoms with Gasteiger partial charge in [-0.3, -0.25) is 9.59 Å². The van der Waals surface area contributed by atoms with Crippen molar-refractivity contribution in [2.75, 3.05) is 0 Å². The minimum atomic E-state index is -0.986. The lowest BCUT2D eigenvalue weighted by Crippen LogP contribution is -2.51. The van der Waals surface area contributed by atoms with Crippen LogP contribution in [0.3, 0.4) is 0 Å². The number of alkyl halides is 1. The van der Waals surface area contributed by atoms with Crippen LogP contribution in [0.15, 0.2) is 52.9 Å². The predicted molar refractivity (Wildman–Crippen MR) is 120 cm³/mol. The van der Waals surface area contributed by atoms with Crippen LogP contribution in [0.1, 0.15) is 36.1 Å². The molecule has 7 nitrogen and oxygen atoms in total. The summed E-state index contributed by atoms with van der Waals surface area (Å²) in [6.07, 6.45) is 1.14. The van der Waals surface area contributed by atoms with Gasteiger partial charge in [-0.25, -0.2) is 4.98 Å². The quantitative estimate of drug-likeness (QED) is 0.482. The molecule has 32 heavy (non-hydrogen) atoms. The second kappa shape index (κ2) is 9.19. The number of hydrogen-bond donors (Lipinski definition) is 2. The largest absolute Gasteiger partial charge is 0.439 e. The molecule has 0 radical (unpaired) electrons. The molecule has 1 fully saturated rings. The summed E-state index contributed by atoms with van der Waals surface area (Å²) in [7, 11) is 0. The summed E-state index contributed by atoms with van der Waals surface area (Å²) >= 11 is 12.5. The molecule has 0 aliphatic heterocycles. The average Bonchev–Trinajstić information content (AvgIpc) is 3.43. The van der Waals surface area contributed by atoms with E-state index in [-0.39, 0.29) is 18.7 Å². The molecule has 0 spiro atoms. The van der Waals surface area contributed by atoms with Crippen molar-refractivity contribution in [1.82, 2.24) is 15.6 Å². The number of nitrogens with one attached hydrogen (secondary N) is 2. The zero-order valence-corrected chi connectivity index (χ0v) is 18.5. The van der Waals surface area contributed by atoms with Crippen LogP contribution < -0.4 is 10.6 Å². The van der Waals surface area contributed by atoms with E-state index < -0.39 is 28.8 Å². The number of benzene rings is 2. The van der Waals surface area contributed by atoms with Crippen LogP contribution >= 0.6 is 23.2 Å². The Morgan fingerprint density at radius 3 is 2.59 bits per heavy atom. The van der Waals surface area contributed by atoms with Gasteiger partial charge in [0.1, 0.15) is 17.1 Å². The van der Waals surface area contributed by atoms with Gasteiger partial charge in [-0.05, 0) is 30.5 Å². The summed E-state index contributed by atoms with van der Waals surface area (Å²) in [6, 6.07) is 15.5. The van der Waals surface area contributed by atoms with Gasteiger partial charge in [-0.2, -0.15) is 5.26 Å². The standard InChI is InChI=1S/C23H20Cl2N4O3/c24-15-7-4-8-17-21(15)32-20(28-17)12-18(22(31)29-23(13-26)9-10-23)27-19(30)11-16(25)14-5-2-1-3-6-14/h1-8,16,18H,9-12H2,(H,27,30)(H,29,31)/t16-,18?/m0/s1. The number of oxazole rings is 1. The van der Waals surface area contributed by atoms with Gasteiger partial charge in [0.15, 0.2) is 11.5 Å². The molecule has 2 amide bonds. The van der Waals surface area contributed by atoms with E-state index in [1.807, 2.05) is 30.3 Å².